The van der Waals surface area contributed by atoms with Crippen LogP contribution in [0.25, 0.3) is 0 Å². The van der Waals surface area contributed by atoms with Crippen LogP contribution in [0, 0.1) is 11.8 Å². The lowest BCUT2D eigenvalue weighted by molar-refractivity contribution is 0.300. The van der Waals surface area contributed by atoms with Gasteiger partial charge in [0.15, 0.2) is 5.84 Å². The second-order valence-electron chi connectivity index (χ2n) is 6.40. The molecule has 22 heavy (non-hydrogen) atoms. The number of unbranched alkanes of at least 4 members (excludes halogenated alkanes) is 1. The first kappa shape index (κ1) is 16.9. The molecule has 1 aliphatic carbocycles. The van der Waals surface area contributed by atoms with Crippen LogP contribution in [0.5, 0.6) is 0 Å². The number of hydrogen-bond acceptors (Lipinski definition) is 2. The van der Waals surface area contributed by atoms with Crippen LogP contribution in [-0.4, -0.2) is 23.6 Å². The first-order chi connectivity index (χ1) is 10.7. The van der Waals surface area contributed by atoms with Crippen molar-refractivity contribution >= 4 is 11.5 Å². The quantitative estimate of drug-likeness (QED) is 0.562. The van der Waals surface area contributed by atoms with Crippen molar-refractivity contribution in [1.82, 2.24) is 4.98 Å². The van der Waals surface area contributed by atoms with Gasteiger partial charge in [-0.05, 0) is 56.6 Å². The molecule has 1 saturated carbocycles. The van der Waals surface area contributed by atoms with Gasteiger partial charge in [0.25, 0.3) is 0 Å². The predicted octanol–water partition coefficient (Wildman–Crippen LogP) is 4.92. The number of aromatic nitrogens is 1. The van der Waals surface area contributed by atoms with Gasteiger partial charge >= 0.3 is 0 Å². The molecule has 3 nitrogen and oxygen atoms in total. The molecule has 3 heteroatoms. The fourth-order valence-corrected chi connectivity index (χ4v) is 3.36. The number of hydrogen-bond donors (Lipinski definition) is 0. The lowest BCUT2D eigenvalue weighted by atomic mass is 9.78. The van der Waals surface area contributed by atoms with Crippen LogP contribution in [0.3, 0.4) is 0 Å². The molecule has 0 saturated heterocycles. The first-order valence-corrected chi connectivity index (χ1v) is 8.67. The molecule has 0 unspecified atom stereocenters. The summed E-state index contributed by atoms with van der Waals surface area (Å²) in [6.07, 6.45) is 13.0. The maximum absolute atomic E-state index is 4.80. The van der Waals surface area contributed by atoms with Crippen molar-refractivity contribution in [2.24, 2.45) is 21.8 Å². The summed E-state index contributed by atoms with van der Waals surface area (Å²) >= 11 is 0. The van der Waals surface area contributed by atoms with Gasteiger partial charge in [0.1, 0.15) is 0 Å². The lowest BCUT2D eigenvalue weighted by Crippen LogP contribution is -2.21. The number of rotatable bonds is 5. The molecule has 0 amide bonds. The van der Waals surface area contributed by atoms with Crippen LogP contribution in [0.2, 0.25) is 0 Å². The third-order valence-corrected chi connectivity index (χ3v) is 4.82. The molecule has 0 aliphatic heterocycles. The highest BCUT2D eigenvalue weighted by atomic mass is 14.9. The van der Waals surface area contributed by atoms with Crippen LogP contribution in [0.15, 0.2) is 34.5 Å². The molecule has 0 spiro atoms. The largest absolute Gasteiger partial charge is 0.270 e. The van der Waals surface area contributed by atoms with E-state index in [1.54, 1.807) is 13.2 Å². The third kappa shape index (κ3) is 4.75. The monoisotopic (exact) mass is 299 g/mol. The predicted molar refractivity (Wildman–Crippen MR) is 94.8 cm³/mol. The smallest absolute Gasteiger partial charge is 0.155 e. The van der Waals surface area contributed by atoms with Crippen molar-refractivity contribution in [2.75, 3.05) is 7.05 Å². The summed E-state index contributed by atoms with van der Waals surface area (Å²) in [6.45, 7) is 4.45. The third-order valence-electron chi connectivity index (χ3n) is 4.82. The minimum Gasteiger partial charge on any atom is -0.270 e. The Hall–Kier alpha value is -1.51. The molecule has 120 valence electrons. The highest BCUT2D eigenvalue weighted by molar-refractivity contribution is 6.06. The normalized spacial score (nSPS) is 23.6. The minimum absolute atomic E-state index is 0.631. The first-order valence-electron chi connectivity index (χ1n) is 8.67. The molecule has 1 aliphatic rings. The molecule has 0 radical (unpaired) electrons. The van der Waals surface area contributed by atoms with E-state index < -0.39 is 0 Å². The zero-order valence-corrected chi connectivity index (χ0v) is 14.3. The fourth-order valence-electron chi connectivity index (χ4n) is 3.36. The van der Waals surface area contributed by atoms with Crippen LogP contribution in [0.1, 0.15) is 64.4 Å². The SMILES string of the molecule is CCCCC1CCC(C(C)=NC(=NC)c2cccnc2)CC1. The van der Waals surface area contributed by atoms with Gasteiger partial charge in [0, 0.05) is 30.7 Å². The Balaban J connectivity index is 1.95. The maximum atomic E-state index is 4.80. The van der Waals surface area contributed by atoms with Gasteiger partial charge in [-0.25, -0.2) is 4.99 Å². The Morgan fingerprint density at radius 2 is 2.05 bits per heavy atom. The standard InChI is InChI=1S/C19H29N3/c1-4-5-7-16-9-11-17(12-10-16)15(2)22-19(20-3)18-8-6-13-21-14-18/h6,8,13-14,16-17H,4-5,7,9-12H2,1-3H3. The molecule has 0 aromatic carbocycles. The Bertz CT molecular complexity index is 497. The second-order valence-corrected chi connectivity index (χ2v) is 6.40. The average Bonchev–Trinajstić information content (AvgIpc) is 2.58. The molecule has 1 heterocycles. The van der Waals surface area contributed by atoms with Crippen molar-refractivity contribution in [3.05, 3.63) is 30.1 Å². The molecule has 0 atom stereocenters. The van der Waals surface area contributed by atoms with E-state index in [0.29, 0.717) is 5.92 Å². The highest BCUT2D eigenvalue weighted by Gasteiger charge is 2.22. The molecular weight excluding hydrogens is 270 g/mol. The van der Waals surface area contributed by atoms with Crippen molar-refractivity contribution in [3.8, 4) is 0 Å². The molecule has 0 bridgehead atoms. The summed E-state index contributed by atoms with van der Waals surface area (Å²) in [5.74, 6) is 2.38. The van der Waals surface area contributed by atoms with Crippen molar-refractivity contribution in [2.45, 2.75) is 58.8 Å². The zero-order valence-electron chi connectivity index (χ0n) is 14.3. The summed E-state index contributed by atoms with van der Waals surface area (Å²) < 4.78 is 0. The van der Waals surface area contributed by atoms with E-state index in [0.717, 1.165) is 17.3 Å². The van der Waals surface area contributed by atoms with Gasteiger partial charge in [-0.3, -0.25) is 9.98 Å². The van der Waals surface area contributed by atoms with Crippen LogP contribution >= 0.6 is 0 Å². The molecule has 2 rings (SSSR count). The van der Waals surface area contributed by atoms with E-state index in [-0.39, 0.29) is 0 Å². The van der Waals surface area contributed by atoms with E-state index in [9.17, 15) is 0 Å². The Morgan fingerprint density at radius 1 is 1.27 bits per heavy atom. The Kier molecular flexibility index (Phi) is 6.75. The Labute approximate surface area is 135 Å². The lowest BCUT2D eigenvalue weighted by Gasteiger charge is -2.28. The molecule has 1 aromatic heterocycles. The molecule has 1 fully saturated rings. The van der Waals surface area contributed by atoms with Crippen molar-refractivity contribution in [3.63, 3.8) is 0 Å². The molecule has 0 N–H and O–H groups in total. The number of aliphatic imine (C=N–C) groups is 2. The number of nitrogens with zero attached hydrogens (tertiary/aromatic N) is 3. The second kappa shape index (κ2) is 8.82. The van der Waals surface area contributed by atoms with E-state index in [2.05, 4.69) is 23.8 Å². The van der Waals surface area contributed by atoms with Crippen molar-refractivity contribution < 1.29 is 0 Å². The topological polar surface area (TPSA) is 37.6 Å². The summed E-state index contributed by atoms with van der Waals surface area (Å²) in [5, 5.41) is 0. The van der Waals surface area contributed by atoms with E-state index in [4.69, 9.17) is 4.99 Å². The van der Waals surface area contributed by atoms with E-state index in [1.165, 1.54) is 50.7 Å². The summed E-state index contributed by atoms with van der Waals surface area (Å²) in [6, 6.07) is 3.96. The minimum atomic E-state index is 0.631. The van der Waals surface area contributed by atoms with Crippen LogP contribution in [-0.2, 0) is 0 Å². The van der Waals surface area contributed by atoms with Gasteiger partial charge in [-0.15, -0.1) is 0 Å². The van der Waals surface area contributed by atoms with Gasteiger partial charge in [0.2, 0.25) is 0 Å². The maximum Gasteiger partial charge on any atom is 0.155 e. The summed E-state index contributed by atoms with van der Waals surface area (Å²) in [7, 11) is 1.81. The average molecular weight is 299 g/mol. The van der Waals surface area contributed by atoms with Gasteiger partial charge < -0.3 is 0 Å². The van der Waals surface area contributed by atoms with E-state index in [1.807, 2.05) is 18.3 Å². The number of amidine groups is 1. The molecular formula is C19H29N3. The summed E-state index contributed by atoms with van der Waals surface area (Å²) in [5.41, 5.74) is 2.24. The number of pyridine rings is 1. The highest BCUT2D eigenvalue weighted by Crippen LogP contribution is 2.32. The molecule has 1 aromatic rings. The van der Waals surface area contributed by atoms with Crippen LogP contribution in [0.4, 0.5) is 0 Å². The van der Waals surface area contributed by atoms with Crippen molar-refractivity contribution in [1.29, 1.82) is 0 Å². The Morgan fingerprint density at radius 3 is 2.64 bits per heavy atom. The summed E-state index contributed by atoms with van der Waals surface area (Å²) in [4.78, 5) is 13.3. The fraction of sp³-hybridized carbons (Fsp3) is 0.632. The van der Waals surface area contributed by atoms with Gasteiger partial charge in [-0.1, -0.05) is 26.2 Å². The van der Waals surface area contributed by atoms with Crippen LogP contribution < -0.4 is 0 Å². The zero-order chi connectivity index (χ0) is 15.8. The van der Waals surface area contributed by atoms with E-state index >= 15 is 0 Å². The van der Waals surface area contributed by atoms with Gasteiger partial charge in [-0.2, -0.15) is 0 Å². The van der Waals surface area contributed by atoms with Gasteiger partial charge in [0.05, 0.1) is 0 Å².